The molecule has 0 saturated heterocycles. The summed E-state index contributed by atoms with van der Waals surface area (Å²) in [5.74, 6) is -0.414. The van der Waals surface area contributed by atoms with E-state index in [1.807, 2.05) is 0 Å². The van der Waals surface area contributed by atoms with Crippen molar-refractivity contribution < 1.29 is 12.8 Å². The standard InChI is InChI=1S/C13H17FN4O2S/c1-9(10-4-6-11(14)7-5-10)18(3)21(19,20)13-12(15)16-8-17(13)2/h4-9H,15H2,1-3H3. The second kappa shape index (κ2) is 5.45. The fraction of sp³-hybridized carbons (Fsp3) is 0.308. The van der Waals surface area contributed by atoms with Crippen LogP contribution in [0.3, 0.4) is 0 Å². The maximum Gasteiger partial charge on any atom is 0.262 e. The van der Waals surface area contributed by atoms with Crippen molar-refractivity contribution in [3.05, 3.63) is 42.0 Å². The van der Waals surface area contributed by atoms with Crippen LogP contribution in [0.4, 0.5) is 10.2 Å². The van der Waals surface area contributed by atoms with Gasteiger partial charge in [0.25, 0.3) is 10.0 Å². The van der Waals surface area contributed by atoms with E-state index in [1.54, 1.807) is 26.1 Å². The van der Waals surface area contributed by atoms with Crippen LogP contribution in [0.25, 0.3) is 0 Å². The van der Waals surface area contributed by atoms with Crippen LogP contribution in [0, 0.1) is 5.82 Å². The molecule has 1 unspecified atom stereocenters. The van der Waals surface area contributed by atoms with E-state index in [0.29, 0.717) is 5.56 Å². The second-order valence-corrected chi connectivity index (χ2v) is 6.71. The fourth-order valence-electron chi connectivity index (χ4n) is 2.05. The first-order valence-corrected chi connectivity index (χ1v) is 7.69. The van der Waals surface area contributed by atoms with Crippen molar-refractivity contribution in [3.63, 3.8) is 0 Å². The minimum atomic E-state index is -3.80. The number of hydrogen-bond acceptors (Lipinski definition) is 4. The van der Waals surface area contributed by atoms with E-state index in [9.17, 15) is 12.8 Å². The molecular weight excluding hydrogens is 295 g/mol. The molecule has 0 radical (unpaired) electrons. The van der Waals surface area contributed by atoms with Gasteiger partial charge >= 0.3 is 0 Å². The van der Waals surface area contributed by atoms with Gasteiger partial charge in [-0.15, -0.1) is 0 Å². The van der Waals surface area contributed by atoms with Crippen molar-refractivity contribution in [1.29, 1.82) is 0 Å². The van der Waals surface area contributed by atoms with Gasteiger partial charge in [-0.3, -0.25) is 0 Å². The van der Waals surface area contributed by atoms with Crippen LogP contribution in [0.2, 0.25) is 0 Å². The first-order chi connectivity index (χ1) is 9.75. The van der Waals surface area contributed by atoms with E-state index in [2.05, 4.69) is 4.98 Å². The highest BCUT2D eigenvalue weighted by Crippen LogP contribution is 2.27. The third kappa shape index (κ3) is 2.77. The lowest BCUT2D eigenvalue weighted by molar-refractivity contribution is 0.394. The summed E-state index contributed by atoms with van der Waals surface area (Å²) in [5, 5.41) is -0.0565. The van der Waals surface area contributed by atoms with Crippen LogP contribution in [0.5, 0.6) is 0 Å². The quantitative estimate of drug-likeness (QED) is 0.928. The molecule has 8 heteroatoms. The van der Waals surface area contributed by atoms with Gasteiger partial charge in [0.05, 0.1) is 6.33 Å². The van der Waals surface area contributed by atoms with Crippen LogP contribution >= 0.6 is 0 Å². The predicted molar refractivity (Wildman–Crippen MR) is 77.4 cm³/mol. The number of sulfonamides is 1. The lowest BCUT2D eigenvalue weighted by Crippen LogP contribution is -2.31. The average molecular weight is 312 g/mol. The number of benzene rings is 1. The Kier molecular flexibility index (Phi) is 4.02. The second-order valence-electron chi connectivity index (χ2n) is 4.79. The number of aromatic nitrogens is 2. The molecule has 114 valence electrons. The Morgan fingerprint density at radius 2 is 1.90 bits per heavy atom. The average Bonchev–Trinajstić information content (AvgIpc) is 2.78. The zero-order valence-electron chi connectivity index (χ0n) is 12.0. The van der Waals surface area contributed by atoms with Crippen LogP contribution in [-0.2, 0) is 17.1 Å². The minimum Gasteiger partial charge on any atom is -0.381 e. The van der Waals surface area contributed by atoms with Crippen LogP contribution in [0.1, 0.15) is 18.5 Å². The van der Waals surface area contributed by atoms with E-state index >= 15 is 0 Å². The number of nitrogens with zero attached hydrogens (tertiary/aromatic N) is 3. The Labute approximate surface area is 123 Å². The number of halogens is 1. The van der Waals surface area contributed by atoms with Gasteiger partial charge < -0.3 is 10.3 Å². The Hall–Kier alpha value is -1.93. The minimum absolute atomic E-state index is 0.0457. The lowest BCUT2D eigenvalue weighted by atomic mass is 10.1. The molecular formula is C13H17FN4O2S. The van der Waals surface area contributed by atoms with Gasteiger partial charge in [0.2, 0.25) is 0 Å². The van der Waals surface area contributed by atoms with E-state index in [-0.39, 0.29) is 16.7 Å². The Morgan fingerprint density at radius 1 is 1.33 bits per heavy atom. The smallest absolute Gasteiger partial charge is 0.262 e. The molecule has 2 N–H and O–H groups in total. The van der Waals surface area contributed by atoms with Gasteiger partial charge in [0, 0.05) is 20.1 Å². The van der Waals surface area contributed by atoms with Gasteiger partial charge in [-0.25, -0.2) is 17.8 Å². The number of nitrogens with two attached hydrogens (primary N) is 1. The number of rotatable bonds is 4. The molecule has 2 aromatic rings. The molecule has 1 atom stereocenters. The third-order valence-electron chi connectivity index (χ3n) is 3.43. The Bertz CT molecular complexity index is 721. The summed E-state index contributed by atoms with van der Waals surface area (Å²) in [6.45, 7) is 1.72. The molecule has 21 heavy (non-hydrogen) atoms. The maximum absolute atomic E-state index is 13.0. The summed E-state index contributed by atoms with van der Waals surface area (Å²) >= 11 is 0. The first-order valence-electron chi connectivity index (χ1n) is 6.25. The highest BCUT2D eigenvalue weighted by Gasteiger charge is 2.31. The zero-order chi connectivity index (χ0) is 15.8. The van der Waals surface area contributed by atoms with Gasteiger partial charge in [0.1, 0.15) is 5.82 Å². The van der Waals surface area contributed by atoms with Gasteiger partial charge in [-0.2, -0.15) is 4.31 Å². The molecule has 0 aliphatic heterocycles. The van der Waals surface area contributed by atoms with E-state index in [0.717, 1.165) is 0 Å². The van der Waals surface area contributed by atoms with Crippen molar-refractivity contribution >= 4 is 15.8 Å². The van der Waals surface area contributed by atoms with Crippen molar-refractivity contribution in [1.82, 2.24) is 13.9 Å². The number of imidazole rings is 1. The number of hydrogen-bond donors (Lipinski definition) is 1. The SMILES string of the molecule is CC(c1ccc(F)cc1)N(C)S(=O)(=O)c1c(N)ncn1C. The molecule has 0 spiro atoms. The first kappa shape index (κ1) is 15.5. The normalized spacial score (nSPS) is 13.6. The third-order valence-corrected chi connectivity index (χ3v) is 5.49. The molecule has 1 heterocycles. The van der Waals surface area contributed by atoms with Gasteiger partial charge in [-0.1, -0.05) is 12.1 Å². The van der Waals surface area contributed by atoms with Crippen molar-refractivity contribution in [3.8, 4) is 0 Å². The number of anilines is 1. The summed E-state index contributed by atoms with van der Waals surface area (Å²) in [5.41, 5.74) is 6.32. The van der Waals surface area contributed by atoms with Crippen LogP contribution < -0.4 is 5.73 Å². The summed E-state index contributed by atoms with van der Waals surface area (Å²) in [6.07, 6.45) is 1.35. The van der Waals surface area contributed by atoms with Crippen LogP contribution in [-0.4, -0.2) is 29.3 Å². The van der Waals surface area contributed by atoms with Crippen molar-refractivity contribution in [2.45, 2.75) is 18.0 Å². The fourth-order valence-corrected chi connectivity index (χ4v) is 3.59. The zero-order valence-corrected chi connectivity index (χ0v) is 12.8. The molecule has 0 aliphatic carbocycles. The Balaban J connectivity index is 2.38. The lowest BCUT2D eigenvalue weighted by Gasteiger charge is -2.24. The molecule has 1 aromatic heterocycles. The molecule has 2 rings (SSSR count). The summed E-state index contributed by atoms with van der Waals surface area (Å²) in [4.78, 5) is 3.79. The van der Waals surface area contributed by atoms with Gasteiger partial charge in [0.15, 0.2) is 10.8 Å². The maximum atomic E-state index is 13.0. The van der Waals surface area contributed by atoms with Gasteiger partial charge in [-0.05, 0) is 24.6 Å². The molecule has 0 amide bonds. The Morgan fingerprint density at radius 3 is 2.38 bits per heavy atom. The molecule has 6 nitrogen and oxygen atoms in total. The highest BCUT2D eigenvalue weighted by atomic mass is 32.2. The molecule has 0 saturated carbocycles. The molecule has 0 bridgehead atoms. The van der Waals surface area contributed by atoms with Crippen molar-refractivity contribution in [2.75, 3.05) is 12.8 Å². The summed E-state index contributed by atoms with van der Waals surface area (Å²) < 4.78 is 40.8. The predicted octanol–water partition coefficient (Wildman–Crippen LogP) is 1.52. The molecule has 0 fully saturated rings. The summed E-state index contributed by atoms with van der Waals surface area (Å²) in [6, 6.07) is 5.23. The largest absolute Gasteiger partial charge is 0.381 e. The van der Waals surface area contributed by atoms with Crippen molar-refractivity contribution in [2.24, 2.45) is 7.05 Å². The van der Waals surface area contributed by atoms with E-state index < -0.39 is 16.1 Å². The topological polar surface area (TPSA) is 81.2 Å². The van der Waals surface area contributed by atoms with E-state index in [1.165, 1.54) is 34.4 Å². The monoisotopic (exact) mass is 312 g/mol. The molecule has 1 aromatic carbocycles. The van der Waals surface area contributed by atoms with E-state index in [4.69, 9.17) is 5.73 Å². The number of nitrogen functional groups attached to an aromatic ring is 1. The summed E-state index contributed by atoms with van der Waals surface area (Å²) in [7, 11) is -0.783. The molecule has 0 aliphatic rings. The highest BCUT2D eigenvalue weighted by molar-refractivity contribution is 7.89. The number of aryl methyl sites for hydroxylation is 1. The van der Waals surface area contributed by atoms with Crippen LogP contribution in [0.15, 0.2) is 35.6 Å².